The van der Waals surface area contributed by atoms with Crippen molar-refractivity contribution in [1.82, 2.24) is 0 Å². The summed E-state index contributed by atoms with van der Waals surface area (Å²) in [5.41, 5.74) is 3.24. The molecule has 0 aliphatic carbocycles. The Bertz CT molecular complexity index is 638. The zero-order valence-corrected chi connectivity index (χ0v) is 25.7. The first kappa shape index (κ1) is 29.8. The summed E-state index contributed by atoms with van der Waals surface area (Å²) in [7, 11) is -5.51. The molecule has 30 heavy (non-hydrogen) atoms. The van der Waals surface area contributed by atoms with Gasteiger partial charge in [0.25, 0.3) is 0 Å². The van der Waals surface area contributed by atoms with E-state index in [2.05, 4.69) is 106 Å². The van der Waals surface area contributed by atoms with Gasteiger partial charge in [0.05, 0.1) is 12.0 Å². The van der Waals surface area contributed by atoms with Crippen molar-refractivity contribution in [2.75, 3.05) is 6.61 Å². The molecule has 0 aromatic carbocycles. The monoisotopic (exact) mass is 470 g/mol. The minimum absolute atomic E-state index is 0.000288. The zero-order valence-electron chi connectivity index (χ0n) is 22.7. The summed E-state index contributed by atoms with van der Waals surface area (Å²) < 4.78 is 13.3. The maximum atomic E-state index is 13.0. The second kappa shape index (κ2) is 10.2. The Morgan fingerprint density at radius 2 is 1.27 bits per heavy atom. The van der Waals surface area contributed by atoms with Crippen LogP contribution < -0.4 is 0 Å². The third kappa shape index (κ3) is 9.12. The zero-order chi connectivity index (χ0) is 24.3. The van der Waals surface area contributed by atoms with E-state index in [1.54, 1.807) is 0 Å². The maximum absolute atomic E-state index is 13.0. The SMILES string of the molecule is C[C@H](C(=O)C#C[Si](C)(C)C)[C@@H](O[Si](C)(C)C(C)(C)C)[C@@H](C)CO[Si](C)(C)C(C)(C)C. The van der Waals surface area contributed by atoms with Crippen molar-refractivity contribution in [3.63, 3.8) is 0 Å². The molecule has 6 heteroatoms. The Morgan fingerprint density at radius 1 is 0.833 bits per heavy atom. The number of rotatable bonds is 8. The van der Waals surface area contributed by atoms with E-state index < -0.39 is 24.7 Å². The van der Waals surface area contributed by atoms with Crippen LogP contribution in [-0.4, -0.2) is 43.2 Å². The molecular formula is C24H50O3Si3. The predicted molar refractivity (Wildman–Crippen MR) is 140 cm³/mol. The van der Waals surface area contributed by atoms with Crippen molar-refractivity contribution >= 4 is 30.5 Å². The van der Waals surface area contributed by atoms with Gasteiger partial charge in [-0.05, 0) is 42.2 Å². The quantitative estimate of drug-likeness (QED) is 0.280. The molecule has 0 amide bonds. The van der Waals surface area contributed by atoms with Crippen LogP contribution in [0.3, 0.4) is 0 Å². The van der Waals surface area contributed by atoms with Crippen LogP contribution in [0.2, 0.25) is 55.9 Å². The van der Waals surface area contributed by atoms with Gasteiger partial charge in [0, 0.05) is 12.5 Å². The van der Waals surface area contributed by atoms with Gasteiger partial charge in [-0.2, -0.15) is 0 Å². The number of hydrogen-bond acceptors (Lipinski definition) is 3. The molecule has 0 fully saturated rings. The predicted octanol–water partition coefficient (Wildman–Crippen LogP) is 7.12. The van der Waals surface area contributed by atoms with E-state index in [0.717, 1.165) is 0 Å². The van der Waals surface area contributed by atoms with Gasteiger partial charge in [0.15, 0.2) is 16.6 Å². The fraction of sp³-hybridized carbons (Fsp3) is 0.875. The lowest BCUT2D eigenvalue weighted by Gasteiger charge is -2.43. The normalized spacial score (nSPS) is 17.0. The van der Waals surface area contributed by atoms with Crippen LogP contribution in [0, 0.1) is 23.3 Å². The standard InChI is InChI=1S/C24H50O3Si3/c1-19(18-26-29(12,13)23(3,4)5)22(27-30(14,15)24(6,7)8)20(2)21(25)16-17-28(9,10)11/h19-20,22H,18H2,1-15H3/t19-,20+,22-/m0/s1. The first-order valence-corrected chi connectivity index (χ1v) is 20.7. The summed E-state index contributed by atoms with van der Waals surface area (Å²) in [5, 5.41) is 0.241. The Morgan fingerprint density at radius 3 is 1.63 bits per heavy atom. The molecule has 0 rings (SSSR count). The van der Waals surface area contributed by atoms with E-state index >= 15 is 0 Å². The first-order chi connectivity index (χ1) is 13.0. The van der Waals surface area contributed by atoms with Gasteiger partial charge in [-0.15, -0.1) is 5.54 Å². The molecule has 0 heterocycles. The van der Waals surface area contributed by atoms with Gasteiger partial charge in [-0.3, -0.25) is 4.79 Å². The molecule has 0 aliphatic heterocycles. The molecule has 0 aromatic rings. The van der Waals surface area contributed by atoms with E-state index in [9.17, 15) is 4.79 Å². The topological polar surface area (TPSA) is 35.5 Å². The molecular weight excluding hydrogens is 421 g/mol. The fourth-order valence-electron chi connectivity index (χ4n) is 2.39. The fourth-order valence-corrected chi connectivity index (χ4v) is 5.47. The highest BCUT2D eigenvalue weighted by Gasteiger charge is 2.43. The number of ketones is 1. The summed E-state index contributed by atoms with van der Waals surface area (Å²) in [6, 6.07) is 0. The van der Waals surface area contributed by atoms with Crippen LogP contribution >= 0.6 is 0 Å². The van der Waals surface area contributed by atoms with Crippen LogP contribution in [0.15, 0.2) is 0 Å². The third-order valence-electron chi connectivity index (χ3n) is 6.78. The van der Waals surface area contributed by atoms with Crippen LogP contribution in [0.4, 0.5) is 0 Å². The largest absolute Gasteiger partial charge is 0.416 e. The third-order valence-corrected chi connectivity index (χ3v) is 16.6. The first-order valence-electron chi connectivity index (χ1n) is 11.4. The minimum atomic E-state index is -2.05. The van der Waals surface area contributed by atoms with Crippen LogP contribution in [0.5, 0.6) is 0 Å². The lowest BCUT2D eigenvalue weighted by atomic mass is 9.91. The average Bonchev–Trinajstić information content (AvgIpc) is 2.52. The van der Waals surface area contributed by atoms with Crippen LogP contribution in [0.25, 0.3) is 0 Å². The molecule has 176 valence electrons. The van der Waals surface area contributed by atoms with Gasteiger partial charge in [0.2, 0.25) is 5.78 Å². The Labute approximate surface area is 191 Å². The second-order valence-corrected chi connectivity index (χ2v) is 27.4. The number of carbonyl (C=O) groups excluding carboxylic acids is 1. The van der Waals surface area contributed by atoms with E-state index in [1.807, 2.05) is 6.92 Å². The molecule has 0 saturated heterocycles. The highest BCUT2D eigenvalue weighted by Crippen LogP contribution is 2.40. The van der Waals surface area contributed by atoms with Gasteiger partial charge >= 0.3 is 0 Å². The molecule has 0 saturated carbocycles. The Balaban J connectivity index is 5.78. The molecule has 0 unspecified atom stereocenters. The number of Topliss-reactive ketones (excluding diaryl/α,β-unsaturated/α-hetero) is 1. The number of carbonyl (C=O) groups is 1. The van der Waals surface area contributed by atoms with Crippen molar-refractivity contribution in [3.05, 3.63) is 0 Å². The van der Waals surface area contributed by atoms with Gasteiger partial charge in [-0.1, -0.05) is 75.0 Å². The summed E-state index contributed by atoms with van der Waals surface area (Å²) in [6.45, 7) is 33.8. The molecule has 0 bridgehead atoms. The second-order valence-electron chi connectivity index (χ2n) is 13.0. The van der Waals surface area contributed by atoms with Gasteiger partial charge < -0.3 is 8.85 Å². The van der Waals surface area contributed by atoms with E-state index in [1.165, 1.54) is 0 Å². The maximum Gasteiger partial charge on any atom is 0.210 e. The molecule has 0 N–H and O–H groups in total. The summed E-state index contributed by atoms with van der Waals surface area (Å²) in [4.78, 5) is 13.0. The highest BCUT2D eigenvalue weighted by molar-refractivity contribution is 6.84. The highest BCUT2D eigenvalue weighted by atomic mass is 28.4. The van der Waals surface area contributed by atoms with E-state index in [0.29, 0.717) is 6.61 Å². The molecule has 0 aliphatic rings. The summed E-state index contributed by atoms with van der Waals surface area (Å²) in [6.07, 6.45) is -0.181. The van der Waals surface area contributed by atoms with Crippen LogP contribution in [-0.2, 0) is 13.6 Å². The summed E-state index contributed by atoms with van der Waals surface area (Å²) >= 11 is 0. The van der Waals surface area contributed by atoms with Gasteiger partial charge in [-0.25, -0.2) is 0 Å². The number of hydrogen-bond donors (Lipinski definition) is 0. The van der Waals surface area contributed by atoms with Crippen molar-refractivity contribution in [1.29, 1.82) is 0 Å². The van der Waals surface area contributed by atoms with Gasteiger partial charge in [0.1, 0.15) is 8.07 Å². The van der Waals surface area contributed by atoms with Crippen LogP contribution in [0.1, 0.15) is 55.4 Å². The molecule has 0 aromatic heterocycles. The summed E-state index contributed by atoms with van der Waals surface area (Å²) in [5.74, 6) is 2.82. The molecule has 3 atom stereocenters. The van der Waals surface area contributed by atoms with Crippen molar-refractivity contribution in [2.24, 2.45) is 11.8 Å². The molecule has 0 spiro atoms. The van der Waals surface area contributed by atoms with E-state index in [-0.39, 0.29) is 33.8 Å². The molecule has 3 nitrogen and oxygen atoms in total. The lowest BCUT2D eigenvalue weighted by molar-refractivity contribution is -0.121. The smallest absolute Gasteiger partial charge is 0.210 e. The average molecular weight is 471 g/mol. The lowest BCUT2D eigenvalue weighted by Crippen LogP contribution is -2.50. The van der Waals surface area contributed by atoms with Crippen molar-refractivity contribution in [2.45, 2.75) is 117 Å². The molecule has 0 radical (unpaired) electrons. The Kier molecular flexibility index (Phi) is 10.1. The van der Waals surface area contributed by atoms with E-state index in [4.69, 9.17) is 8.85 Å². The minimum Gasteiger partial charge on any atom is -0.416 e. The Hall–Kier alpha value is -0.199. The van der Waals surface area contributed by atoms with Crippen molar-refractivity contribution in [3.8, 4) is 11.5 Å². The van der Waals surface area contributed by atoms with Crippen molar-refractivity contribution < 1.29 is 13.6 Å².